The highest BCUT2D eigenvalue weighted by atomic mass is 16.5. The van der Waals surface area contributed by atoms with Gasteiger partial charge in [0.2, 0.25) is 0 Å². The second kappa shape index (κ2) is 9.33. The maximum absolute atomic E-state index is 12.9. The lowest BCUT2D eigenvalue weighted by Crippen LogP contribution is -2.41. The Morgan fingerprint density at radius 3 is 2.07 bits per heavy atom. The fourth-order valence-corrected chi connectivity index (χ4v) is 2.93. The fourth-order valence-electron chi connectivity index (χ4n) is 2.93. The van der Waals surface area contributed by atoms with Gasteiger partial charge in [-0.2, -0.15) is 0 Å². The first kappa shape index (κ1) is 23.5. The van der Waals surface area contributed by atoms with Crippen LogP contribution in [0.1, 0.15) is 70.8 Å². The minimum Gasteiger partial charge on any atom is -0.481 e. The third kappa shape index (κ3) is 6.61. The predicted molar refractivity (Wildman–Crippen MR) is 122 cm³/mol. The summed E-state index contributed by atoms with van der Waals surface area (Å²) >= 11 is 0. The van der Waals surface area contributed by atoms with Crippen molar-refractivity contribution in [1.82, 2.24) is 5.32 Å². The van der Waals surface area contributed by atoms with Gasteiger partial charge in [-0.15, -0.1) is 0 Å². The summed E-state index contributed by atoms with van der Waals surface area (Å²) in [5.74, 6) is 0.127. The van der Waals surface area contributed by atoms with Crippen LogP contribution in [0.3, 0.4) is 0 Å². The van der Waals surface area contributed by atoms with E-state index in [1.165, 1.54) is 5.56 Å². The molecule has 2 aromatic carbocycles. The van der Waals surface area contributed by atoms with Gasteiger partial charge in [0, 0.05) is 5.54 Å². The van der Waals surface area contributed by atoms with Gasteiger partial charge in [0.05, 0.1) is 11.3 Å². The zero-order chi connectivity index (χ0) is 22.5. The first-order valence-corrected chi connectivity index (χ1v) is 10.4. The van der Waals surface area contributed by atoms with Gasteiger partial charge in [-0.3, -0.25) is 9.59 Å². The van der Waals surface area contributed by atoms with E-state index in [2.05, 4.69) is 31.4 Å². The highest BCUT2D eigenvalue weighted by molar-refractivity contribution is 6.04. The minimum absolute atomic E-state index is 0.0530. The van der Waals surface area contributed by atoms with Crippen molar-refractivity contribution in [3.05, 3.63) is 59.7 Å². The van der Waals surface area contributed by atoms with Crippen LogP contribution < -0.4 is 15.4 Å². The SMILES string of the molecule is CC[C@@H](Oc1ccc(C(C)(C)C)cc1)C(=O)Nc1ccccc1C(=O)NC(C)(C)C. The summed E-state index contributed by atoms with van der Waals surface area (Å²) in [6, 6.07) is 14.8. The lowest BCUT2D eigenvalue weighted by atomic mass is 9.87. The molecule has 2 amide bonds. The molecule has 0 unspecified atom stereocenters. The Hall–Kier alpha value is -2.82. The van der Waals surface area contributed by atoms with Crippen LogP contribution in [0.4, 0.5) is 5.69 Å². The highest BCUT2D eigenvalue weighted by Gasteiger charge is 2.23. The van der Waals surface area contributed by atoms with Crippen molar-refractivity contribution in [2.24, 2.45) is 0 Å². The number of carbonyl (C=O) groups excluding carboxylic acids is 2. The van der Waals surface area contributed by atoms with Crippen molar-refractivity contribution < 1.29 is 14.3 Å². The number of anilines is 1. The summed E-state index contributed by atoms with van der Waals surface area (Å²) in [5, 5.41) is 5.79. The monoisotopic (exact) mass is 410 g/mol. The van der Waals surface area contributed by atoms with Gasteiger partial charge in [0.25, 0.3) is 11.8 Å². The second-order valence-electron chi connectivity index (χ2n) is 9.53. The predicted octanol–water partition coefficient (Wildman–Crippen LogP) is 5.31. The van der Waals surface area contributed by atoms with Crippen molar-refractivity contribution >= 4 is 17.5 Å². The molecule has 0 radical (unpaired) electrons. The average molecular weight is 411 g/mol. The van der Waals surface area contributed by atoms with E-state index < -0.39 is 6.10 Å². The zero-order valence-electron chi connectivity index (χ0n) is 19.1. The Morgan fingerprint density at radius 1 is 0.933 bits per heavy atom. The molecule has 0 heterocycles. The highest BCUT2D eigenvalue weighted by Crippen LogP contribution is 2.25. The number of ether oxygens (including phenoxy) is 1. The van der Waals surface area contributed by atoms with Gasteiger partial charge >= 0.3 is 0 Å². The van der Waals surface area contributed by atoms with Gasteiger partial charge in [0.15, 0.2) is 6.10 Å². The number of para-hydroxylation sites is 1. The molecule has 2 rings (SSSR count). The topological polar surface area (TPSA) is 67.4 Å². The number of nitrogens with one attached hydrogen (secondary N) is 2. The van der Waals surface area contributed by atoms with Crippen LogP contribution in [0.5, 0.6) is 5.75 Å². The maximum atomic E-state index is 12.9. The van der Waals surface area contributed by atoms with E-state index in [4.69, 9.17) is 4.74 Å². The molecular weight excluding hydrogens is 376 g/mol. The molecule has 1 atom stereocenters. The van der Waals surface area contributed by atoms with E-state index in [9.17, 15) is 9.59 Å². The molecule has 0 aliphatic carbocycles. The van der Waals surface area contributed by atoms with Crippen molar-refractivity contribution in [1.29, 1.82) is 0 Å². The molecule has 0 aliphatic heterocycles. The Bertz CT molecular complexity index is 875. The molecule has 0 aliphatic rings. The molecule has 30 heavy (non-hydrogen) atoms. The Balaban J connectivity index is 2.13. The van der Waals surface area contributed by atoms with Crippen LogP contribution in [0, 0.1) is 0 Å². The van der Waals surface area contributed by atoms with Crippen LogP contribution in [-0.4, -0.2) is 23.5 Å². The number of amides is 2. The smallest absolute Gasteiger partial charge is 0.265 e. The third-order valence-electron chi connectivity index (χ3n) is 4.58. The van der Waals surface area contributed by atoms with Crippen LogP contribution >= 0.6 is 0 Å². The largest absolute Gasteiger partial charge is 0.481 e. The van der Waals surface area contributed by atoms with E-state index in [0.717, 1.165) is 0 Å². The molecule has 0 spiro atoms. The number of hydrogen-bond acceptors (Lipinski definition) is 3. The molecule has 162 valence electrons. The van der Waals surface area contributed by atoms with Crippen molar-refractivity contribution in [3.8, 4) is 5.75 Å². The second-order valence-corrected chi connectivity index (χ2v) is 9.53. The lowest BCUT2D eigenvalue weighted by molar-refractivity contribution is -0.122. The zero-order valence-corrected chi connectivity index (χ0v) is 19.1. The molecule has 2 aromatic rings. The standard InChI is InChI=1S/C25H34N2O3/c1-8-21(30-18-15-13-17(14-16-18)24(2,3)4)23(29)26-20-12-10-9-11-19(20)22(28)27-25(5,6)7/h9-16,21H,8H2,1-7H3,(H,26,29)(H,27,28)/t21-/m1/s1. The van der Waals surface area contributed by atoms with E-state index in [1.807, 2.05) is 52.0 Å². The first-order chi connectivity index (χ1) is 13.9. The van der Waals surface area contributed by atoms with Gasteiger partial charge in [0.1, 0.15) is 5.75 Å². The maximum Gasteiger partial charge on any atom is 0.265 e. The molecule has 0 saturated heterocycles. The van der Waals surface area contributed by atoms with E-state index in [-0.39, 0.29) is 22.8 Å². The summed E-state index contributed by atoms with van der Waals surface area (Å²) in [5.41, 5.74) is 1.77. The summed E-state index contributed by atoms with van der Waals surface area (Å²) in [6.45, 7) is 14.1. The van der Waals surface area contributed by atoms with Crippen LogP contribution in [0.25, 0.3) is 0 Å². The third-order valence-corrected chi connectivity index (χ3v) is 4.58. The van der Waals surface area contributed by atoms with Crippen molar-refractivity contribution in [2.45, 2.75) is 71.9 Å². The number of carbonyl (C=O) groups is 2. The summed E-state index contributed by atoms with van der Waals surface area (Å²) in [4.78, 5) is 25.5. The summed E-state index contributed by atoms with van der Waals surface area (Å²) in [6.07, 6.45) is -0.160. The molecule has 0 bridgehead atoms. The quantitative estimate of drug-likeness (QED) is 0.678. The Morgan fingerprint density at radius 2 is 1.53 bits per heavy atom. The summed E-state index contributed by atoms with van der Waals surface area (Å²) < 4.78 is 5.93. The first-order valence-electron chi connectivity index (χ1n) is 10.4. The van der Waals surface area contributed by atoms with Crippen LogP contribution in [-0.2, 0) is 10.2 Å². The Labute approximate surface area is 180 Å². The van der Waals surface area contributed by atoms with E-state index >= 15 is 0 Å². The van der Waals surface area contributed by atoms with Crippen LogP contribution in [0.15, 0.2) is 48.5 Å². The average Bonchev–Trinajstić information content (AvgIpc) is 2.64. The Kier molecular flexibility index (Phi) is 7.30. The fraction of sp³-hybridized carbons (Fsp3) is 0.440. The number of rotatable bonds is 6. The van der Waals surface area contributed by atoms with Crippen molar-refractivity contribution in [2.75, 3.05) is 5.32 Å². The number of hydrogen-bond donors (Lipinski definition) is 2. The number of benzene rings is 2. The molecular formula is C25H34N2O3. The molecule has 0 fully saturated rings. The normalized spacial score (nSPS) is 12.8. The molecule has 0 saturated carbocycles. The van der Waals surface area contributed by atoms with E-state index in [1.54, 1.807) is 24.3 Å². The molecule has 5 nitrogen and oxygen atoms in total. The van der Waals surface area contributed by atoms with Gasteiger partial charge in [-0.1, -0.05) is 52.0 Å². The van der Waals surface area contributed by atoms with Gasteiger partial charge in [-0.25, -0.2) is 0 Å². The van der Waals surface area contributed by atoms with Gasteiger partial charge in [-0.05, 0) is 62.4 Å². The van der Waals surface area contributed by atoms with Crippen LogP contribution in [0.2, 0.25) is 0 Å². The van der Waals surface area contributed by atoms with E-state index in [0.29, 0.717) is 23.4 Å². The molecule has 2 N–H and O–H groups in total. The van der Waals surface area contributed by atoms with Gasteiger partial charge < -0.3 is 15.4 Å². The van der Waals surface area contributed by atoms with Crippen molar-refractivity contribution in [3.63, 3.8) is 0 Å². The lowest BCUT2D eigenvalue weighted by Gasteiger charge is -2.23. The molecule has 0 aromatic heterocycles. The minimum atomic E-state index is -0.663. The summed E-state index contributed by atoms with van der Waals surface area (Å²) in [7, 11) is 0. The molecule has 5 heteroatoms.